The summed E-state index contributed by atoms with van der Waals surface area (Å²) in [6, 6.07) is 13.7. The molecule has 0 aliphatic rings. The summed E-state index contributed by atoms with van der Waals surface area (Å²) in [5.41, 5.74) is 1.97. The molecular weight excluding hydrogens is 252 g/mol. The van der Waals surface area contributed by atoms with Crippen LogP contribution in [0.4, 0.5) is 0 Å². The third kappa shape index (κ3) is 2.18. The summed E-state index contributed by atoms with van der Waals surface area (Å²) >= 11 is 0. The Kier molecular flexibility index (Phi) is 3.03. The topological polar surface area (TPSA) is 50.4 Å². The van der Waals surface area contributed by atoms with Gasteiger partial charge in [0.2, 0.25) is 0 Å². The Hall–Kier alpha value is -2.55. The van der Waals surface area contributed by atoms with E-state index in [1.807, 2.05) is 25.1 Å². The lowest BCUT2D eigenvalue weighted by Gasteiger charge is -2.01. The van der Waals surface area contributed by atoms with Crippen LogP contribution in [0, 0.1) is 0 Å². The van der Waals surface area contributed by atoms with Crippen LogP contribution in [0.5, 0.6) is 5.75 Å². The zero-order valence-electron chi connectivity index (χ0n) is 11.1. The number of furan rings is 1. The van der Waals surface area contributed by atoms with Gasteiger partial charge in [0.05, 0.1) is 0 Å². The molecule has 0 saturated carbocycles. The van der Waals surface area contributed by atoms with E-state index in [0.29, 0.717) is 11.1 Å². The number of phenols is 1. The Bertz CT molecular complexity index is 767. The smallest absolute Gasteiger partial charge is 0.193 e. The van der Waals surface area contributed by atoms with Gasteiger partial charge in [-0.1, -0.05) is 6.92 Å². The lowest BCUT2D eigenvalue weighted by Crippen LogP contribution is -2.00. The Morgan fingerprint density at radius 2 is 1.75 bits per heavy atom. The monoisotopic (exact) mass is 266 g/mol. The average molecular weight is 266 g/mol. The fourth-order valence-corrected chi connectivity index (χ4v) is 2.19. The minimum atomic E-state index is -0.0638. The number of ketones is 1. The molecule has 0 aliphatic heterocycles. The van der Waals surface area contributed by atoms with Gasteiger partial charge in [0.1, 0.15) is 17.1 Å². The molecular formula is C17H14O3. The lowest BCUT2D eigenvalue weighted by atomic mass is 10.0. The van der Waals surface area contributed by atoms with Crippen molar-refractivity contribution in [2.75, 3.05) is 0 Å². The van der Waals surface area contributed by atoms with E-state index in [2.05, 4.69) is 0 Å². The normalized spacial score (nSPS) is 10.8. The minimum absolute atomic E-state index is 0.0638. The maximum Gasteiger partial charge on any atom is 0.193 e. The van der Waals surface area contributed by atoms with Gasteiger partial charge in [-0.15, -0.1) is 0 Å². The van der Waals surface area contributed by atoms with Crippen molar-refractivity contribution in [1.82, 2.24) is 0 Å². The maximum absolute atomic E-state index is 12.4. The van der Waals surface area contributed by atoms with Crippen LogP contribution >= 0.6 is 0 Å². The number of aromatic hydroxyl groups is 1. The zero-order chi connectivity index (χ0) is 14.1. The molecule has 0 radical (unpaired) electrons. The number of aryl methyl sites for hydroxylation is 1. The van der Waals surface area contributed by atoms with Gasteiger partial charge in [0.25, 0.3) is 0 Å². The van der Waals surface area contributed by atoms with Crippen molar-refractivity contribution in [2.24, 2.45) is 0 Å². The fourth-order valence-electron chi connectivity index (χ4n) is 2.19. The third-order valence-corrected chi connectivity index (χ3v) is 3.31. The second kappa shape index (κ2) is 4.85. The predicted molar refractivity (Wildman–Crippen MR) is 77.1 cm³/mol. The first-order chi connectivity index (χ1) is 9.67. The highest BCUT2D eigenvalue weighted by atomic mass is 16.3. The van der Waals surface area contributed by atoms with Gasteiger partial charge >= 0.3 is 0 Å². The number of benzene rings is 2. The number of phenolic OH excluding ortho intramolecular Hbond substituents is 1. The summed E-state index contributed by atoms with van der Waals surface area (Å²) in [5, 5.41) is 10.2. The molecule has 0 bridgehead atoms. The number of carbonyl (C=O) groups excluding carboxylic acids is 1. The summed E-state index contributed by atoms with van der Waals surface area (Å²) in [6.07, 6.45) is 0.829. The molecule has 1 N–H and O–H groups in total. The van der Waals surface area contributed by atoms with Crippen molar-refractivity contribution in [3.05, 3.63) is 65.4 Å². The number of hydrogen-bond donors (Lipinski definition) is 1. The van der Waals surface area contributed by atoms with Crippen LogP contribution in [-0.2, 0) is 6.42 Å². The van der Waals surface area contributed by atoms with Crippen LogP contribution in [0.3, 0.4) is 0 Å². The molecule has 0 unspecified atom stereocenters. The molecule has 0 spiro atoms. The molecule has 3 heteroatoms. The second-order valence-corrected chi connectivity index (χ2v) is 4.69. The molecule has 2 aromatic carbocycles. The van der Waals surface area contributed by atoms with Crippen molar-refractivity contribution in [3.8, 4) is 5.75 Å². The minimum Gasteiger partial charge on any atom is -0.508 e. The summed E-state index contributed by atoms with van der Waals surface area (Å²) in [4.78, 5) is 12.4. The predicted octanol–water partition coefficient (Wildman–Crippen LogP) is 3.93. The Balaban J connectivity index is 2.00. The van der Waals surface area contributed by atoms with Crippen LogP contribution in [0.25, 0.3) is 11.0 Å². The van der Waals surface area contributed by atoms with Crippen LogP contribution in [0.1, 0.15) is 28.6 Å². The van der Waals surface area contributed by atoms with E-state index in [1.54, 1.807) is 18.2 Å². The molecule has 1 heterocycles. The van der Waals surface area contributed by atoms with E-state index in [-0.39, 0.29) is 11.5 Å². The molecule has 0 aliphatic carbocycles. The first kappa shape index (κ1) is 12.5. The molecule has 3 rings (SSSR count). The highest BCUT2D eigenvalue weighted by Crippen LogP contribution is 2.23. The van der Waals surface area contributed by atoms with Gasteiger partial charge in [-0.25, -0.2) is 0 Å². The molecule has 3 aromatic rings. The highest BCUT2D eigenvalue weighted by Gasteiger charge is 2.11. The summed E-state index contributed by atoms with van der Waals surface area (Å²) in [6.45, 7) is 2.03. The first-order valence-electron chi connectivity index (χ1n) is 6.53. The quantitative estimate of drug-likeness (QED) is 0.731. The standard InChI is InChI=1S/C17H14O3/c1-2-15-10-13-9-12(5-8-16(13)20-15)17(19)11-3-6-14(18)7-4-11/h3-10,18H,2H2,1H3. The fraction of sp³-hybridized carbons (Fsp3) is 0.118. The summed E-state index contributed by atoms with van der Waals surface area (Å²) < 4.78 is 5.63. The molecule has 1 aromatic heterocycles. The average Bonchev–Trinajstić information content (AvgIpc) is 2.89. The third-order valence-electron chi connectivity index (χ3n) is 3.31. The van der Waals surface area contributed by atoms with Crippen LogP contribution < -0.4 is 0 Å². The van der Waals surface area contributed by atoms with Gasteiger partial charge in [-0.3, -0.25) is 4.79 Å². The van der Waals surface area contributed by atoms with Crippen molar-refractivity contribution >= 4 is 16.8 Å². The lowest BCUT2D eigenvalue weighted by molar-refractivity contribution is 0.103. The van der Waals surface area contributed by atoms with E-state index in [9.17, 15) is 9.90 Å². The van der Waals surface area contributed by atoms with Crippen molar-refractivity contribution in [3.63, 3.8) is 0 Å². The molecule has 0 atom stereocenters. The van der Waals surface area contributed by atoms with E-state index >= 15 is 0 Å². The molecule has 0 saturated heterocycles. The van der Waals surface area contributed by atoms with Crippen molar-refractivity contribution < 1.29 is 14.3 Å². The Morgan fingerprint density at radius 1 is 1.05 bits per heavy atom. The summed E-state index contributed by atoms with van der Waals surface area (Å²) in [7, 11) is 0. The number of rotatable bonds is 3. The SMILES string of the molecule is CCc1cc2cc(C(=O)c3ccc(O)cc3)ccc2o1. The van der Waals surface area contributed by atoms with E-state index < -0.39 is 0 Å². The van der Waals surface area contributed by atoms with Crippen molar-refractivity contribution in [1.29, 1.82) is 0 Å². The maximum atomic E-state index is 12.4. The number of carbonyl (C=O) groups is 1. The Morgan fingerprint density at radius 3 is 2.45 bits per heavy atom. The van der Waals surface area contributed by atoms with Gasteiger partial charge in [0.15, 0.2) is 5.78 Å². The molecule has 0 amide bonds. The molecule has 0 fully saturated rings. The van der Waals surface area contributed by atoms with Crippen LogP contribution in [-0.4, -0.2) is 10.9 Å². The van der Waals surface area contributed by atoms with E-state index in [1.165, 1.54) is 12.1 Å². The molecule has 100 valence electrons. The Labute approximate surface area is 116 Å². The largest absolute Gasteiger partial charge is 0.508 e. The summed E-state index contributed by atoms with van der Waals surface area (Å²) in [5.74, 6) is 1.000. The van der Waals surface area contributed by atoms with Crippen LogP contribution in [0.15, 0.2) is 52.9 Å². The number of hydrogen-bond acceptors (Lipinski definition) is 3. The van der Waals surface area contributed by atoms with Crippen molar-refractivity contribution in [2.45, 2.75) is 13.3 Å². The van der Waals surface area contributed by atoms with Gasteiger partial charge < -0.3 is 9.52 Å². The van der Waals surface area contributed by atoms with Gasteiger partial charge in [0, 0.05) is 22.9 Å². The van der Waals surface area contributed by atoms with E-state index in [4.69, 9.17) is 4.42 Å². The van der Waals surface area contributed by atoms with Gasteiger partial charge in [-0.05, 0) is 48.5 Å². The number of fused-ring (bicyclic) bond motifs is 1. The van der Waals surface area contributed by atoms with Crippen LogP contribution in [0.2, 0.25) is 0 Å². The highest BCUT2D eigenvalue weighted by molar-refractivity contribution is 6.10. The first-order valence-corrected chi connectivity index (χ1v) is 6.53. The molecule has 20 heavy (non-hydrogen) atoms. The van der Waals surface area contributed by atoms with E-state index in [0.717, 1.165) is 23.2 Å². The molecule has 3 nitrogen and oxygen atoms in total. The van der Waals surface area contributed by atoms with Gasteiger partial charge in [-0.2, -0.15) is 0 Å². The zero-order valence-corrected chi connectivity index (χ0v) is 11.1. The second-order valence-electron chi connectivity index (χ2n) is 4.69.